The average molecular weight is 355 g/mol. The zero-order chi connectivity index (χ0) is 18.6. The molecule has 2 rings (SSSR count). The number of methoxy groups -OCH3 is 1. The van der Waals surface area contributed by atoms with Crippen LogP contribution in [0.1, 0.15) is 21.5 Å². The molecule has 0 saturated heterocycles. The lowest BCUT2D eigenvalue weighted by Crippen LogP contribution is -2.08. The number of hydrogen-bond donors (Lipinski definition) is 0. The van der Waals surface area contributed by atoms with Crippen molar-refractivity contribution < 1.29 is 32.4 Å². The molecule has 0 amide bonds. The average Bonchev–Trinajstić information content (AvgIpc) is 2.58. The van der Waals surface area contributed by atoms with Crippen LogP contribution in [0.15, 0.2) is 42.5 Å². The summed E-state index contributed by atoms with van der Waals surface area (Å²) in [6.45, 7) is -0.400. The molecule has 0 aromatic heterocycles. The molecule has 132 valence electrons. The number of hydrogen-bond acceptors (Lipinski definition) is 5. The Morgan fingerprint density at radius 2 is 1.92 bits per heavy atom. The molecule has 0 heterocycles. The first-order chi connectivity index (χ1) is 11.7. The highest BCUT2D eigenvalue weighted by Crippen LogP contribution is 2.30. The van der Waals surface area contributed by atoms with Gasteiger partial charge in [0.2, 0.25) is 0 Å². The number of alkyl halides is 3. The molecule has 2 aromatic carbocycles. The van der Waals surface area contributed by atoms with Crippen molar-refractivity contribution in [1.82, 2.24) is 0 Å². The first kappa shape index (κ1) is 18.2. The Morgan fingerprint density at radius 3 is 2.52 bits per heavy atom. The molecule has 0 aliphatic heterocycles. The van der Waals surface area contributed by atoms with Crippen molar-refractivity contribution in [3.05, 3.63) is 69.3 Å². The summed E-state index contributed by atoms with van der Waals surface area (Å²) in [5.74, 6) is -0.928. The second-order valence-electron chi connectivity index (χ2n) is 4.92. The summed E-state index contributed by atoms with van der Waals surface area (Å²) in [6, 6.07) is 7.82. The molecule has 9 heteroatoms. The molecule has 0 aliphatic carbocycles. The zero-order valence-corrected chi connectivity index (χ0v) is 12.9. The molecule has 0 saturated carbocycles. The van der Waals surface area contributed by atoms with Gasteiger partial charge in [-0.25, -0.2) is 4.79 Å². The van der Waals surface area contributed by atoms with Gasteiger partial charge in [-0.2, -0.15) is 13.2 Å². The van der Waals surface area contributed by atoms with E-state index in [1.165, 1.54) is 31.4 Å². The predicted octanol–water partition coefficient (Wildman–Crippen LogP) is 3.98. The lowest BCUT2D eigenvalue weighted by Gasteiger charge is -2.09. The molecule has 0 N–H and O–H groups in total. The standard InChI is InChI=1S/C16H12F3NO5/c1-24-14-6-5-11(8-13(14)20(22)23)15(21)25-9-10-3-2-4-12(7-10)16(17,18)19/h2-8H,9H2,1H3. The van der Waals surface area contributed by atoms with Gasteiger partial charge in [-0.15, -0.1) is 0 Å². The van der Waals surface area contributed by atoms with Crippen molar-refractivity contribution in [2.24, 2.45) is 0 Å². The third-order valence-electron chi connectivity index (χ3n) is 3.24. The van der Waals surface area contributed by atoms with E-state index >= 15 is 0 Å². The summed E-state index contributed by atoms with van der Waals surface area (Å²) in [5.41, 5.74) is -1.25. The minimum atomic E-state index is -4.50. The minimum Gasteiger partial charge on any atom is -0.490 e. The zero-order valence-electron chi connectivity index (χ0n) is 12.9. The quantitative estimate of drug-likeness (QED) is 0.460. The van der Waals surface area contributed by atoms with Crippen LogP contribution < -0.4 is 4.74 Å². The van der Waals surface area contributed by atoms with Gasteiger partial charge in [0.25, 0.3) is 0 Å². The van der Waals surface area contributed by atoms with Crippen molar-refractivity contribution in [2.45, 2.75) is 12.8 Å². The van der Waals surface area contributed by atoms with Gasteiger partial charge in [0.15, 0.2) is 5.75 Å². The van der Waals surface area contributed by atoms with Gasteiger partial charge in [0, 0.05) is 6.07 Å². The Labute approximate surface area is 139 Å². The van der Waals surface area contributed by atoms with Crippen LogP contribution in [0.3, 0.4) is 0 Å². The number of carbonyl (C=O) groups is 1. The van der Waals surface area contributed by atoms with E-state index in [1.807, 2.05) is 0 Å². The Morgan fingerprint density at radius 1 is 1.20 bits per heavy atom. The summed E-state index contributed by atoms with van der Waals surface area (Å²) < 4.78 is 47.7. The van der Waals surface area contributed by atoms with Gasteiger partial charge >= 0.3 is 17.8 Å². The number of carbonyl (C=O) groups excluding carboxylic acids is 1. The van der Waals surface area contributed by atoms with Crippen molar-refractivity contribution in [3.63, 3.8) is 0 Å². The fourth-order valence-electron chi connectivity index (χ4n) is 2.03. The minimum absolute atomic E-state index is 0.0283. The van der Waals surface area contributed by atoms with Gasteiger partial charge in [-0.3, -0.25) is 10.1 Å². The van der Waals surface area contributed by atoms with Crippen molar-refractivity contribution in [3.8, 4) is 5.75 Å². The summed E-state index contributed by atoms with van der Waals surface area (Å²) in [5, 5.41) is 10.9. The molecular weight excluding hydrogens is 343 g/mol. The lowest BCUT2D eigenvalue weighted by atomic mass is 10.1. The number of halogens is 3. The number of benzene rings is 2. The van der Waals surface area contributed by atoms with E-state index in [-0.39, 0.29) is 16.9 Å². The normalized spacial score (nSPS) is 11.0. The highest BCUT2D eigenvalue weighted by atomic mass is 19.4. The van der Waals surface area contributed by atoms with Crippen LogP contribution in [0.2, 0.25) is 0 Å². The molecule has 0 atom stereocenters. The highest BCUT2D eigenvalue weighted by molar-refractivity contribution is 5.90. The van der Waals surface area contributed by atoms with Crippen LogP contribution in [0.25, 0.3) is 0 Å². The van der Waals surface area contributed by atoms with E-state index in [4.69, 9.17) is 9.47 Å². The van der Waals surface area contributed by atoms with E-state index in [9.17, 15) is 28.1 Å². The molecule has 0 spiro atoms. The predicted molar refractivity (Wildman–Crippen MR) is 80.2 cm³/mol. The van der Waals surface area contributed by atoms with Crippen LogP contribution in [-0.2, 0) is 17.5 Å². The molecule has 0 bridgehead atoms. The van der Waals surface area contributed by atoms with E-state index in [0.717, 1.165) is 18.2 Å². The molecule has 2 aromatic rings. The summed E-state index contributed by atoms with van der Waals surface area (Å²) in [4.78, 5) is 22.2. The highest BCUT2D eigenvalue weighted by Gasteiger charge is 2.30. The lowest BCUT2D eigenvalue weighted by molar-refractivity contribution is -0.385. The Bertz CT molecular complexity index is 805. The number of esters is 1. The summed E-state index contributed by atoms with van der Waals surface area (Å²) >= 11 is 0. The largest absolute Gasteiger partial charge is 0.490 e. The second kappa shape index (κ2) is 7.20. The Balaban J connectivity index is 2.13. The van der Waals surface area contributed by atoms with E-state index in [0.29, 0.717) is 0 Å². The van der Waals surface area contributed by atoms with Crippen LogP contribution in [0.4, 0.5) is 18.9 Å². The molecular formula is C16H12F3NO5. The first-order valence-electron chi connectivity index (χ1n) is 6.88. The molecule has 0 aliphatic rings. The van der Waals surface area contributed by atoms with Gasteiger partial charge in [-0.1, -0.05) is 12.1 Å². The molecule has 0 unspecified atom stereocenters. The summed E-state index contributed by atoms with van der Waals surface area (Å²) in [7, 11) is 1.24. The van der Waals surface area contributed by atoms with Gasteiger partial charge in [0.1, 0.15) is 6.61 Å². The number of nitrogens with zero attached hydrogens (tertiary/aromatic N) is 1. The fraction of sp³-hybridized carbons (Fsp3) is 0.188. The van der Waals surface area contributed by atoms with Crippen LogP contribution in [0.5, 0.6) is 5.75 Å². The summed E-state index contributed by atoms with van der Waals surface area (Å²) in [6.07, 6.45) is -4.50. The maximum atomic E-state index is 12.6. The number of nitro groups is 1. The SMILES string of the molecule is COc1ccc(C(=O)OCc2cccc(C(F)(F)F)c2)cc1[N+](=O)[O-]. The monoisotopic (exact) mass is 355 g/mol. The van der Waals surface area contributed by atoms with Crippen LogP contribution in [-0.4, -0.2) is 18.0 Å². The van der Waals surface area contributed by atoms with Crippen molar-refractivity contribution in [2.75, 3.05) is 7.11 Å². The Kier molecular flexibility index (Phi) is 5.26. The van der Waals surface area contributed by atoms with E-state index < -0.39 is 34.9 Å². The molecule has 6 nitrogen and oxygen atoms in total. The third kappa shape index (κ3) is 4.46. The Hall–Kier alpha value is -3.10. The van der Waals surface area contributed by atoms with Crippen LogP contribution in [0, 0.1) is 10.1 Å². The number of nitro benzene ring substituents is 1. The molecule has 0 fully saturated rings. The smallest absolute Gasteiger partial charge is 0.416 e. The maximum absolute atomic E-state index is 12.6. The maximum Gasteiger partial charge on any atom is 0.416 e. The molecule has 25 heavy (non-hydrogen) atoms. The number of ether oxygens (including phenoxy) is 2. The van der Waals surface area contributed by atoms with Crippen LogP contribution >= 0.6 is 0 Å². The topological polar surface area (TPSA) is 78.7 Å². The van der Waals surface area contributed by atoms with E-state index in [2.05, 4.69) is 0 Å². The first-order valence-corrected chi connectivity index (χ1v) is 6.88. The van der Waals surface area contributed by atoms with E-state index in [1.54, 1.807) is 0 Å². The van der Waals surface area contributed by atoms with Crippen molar-refractivity contribution >= 4 is 11.7 Å². The third-order valence-corrected chi connectivity index (χ3v) is 3.24. The fourth-order valence-corrected chi connectivity index (χ4v) is 2.03. The van der Waals surface area contributed by atoms with Gasteiger partial charge < -0.3 is 9.47 Å². The van der Waals surface area contributed by atoms with Gasteiger partial charge in [-0.05, 0) is 29.8 Å². The van der Waals surface area contributed by atoms with Gasteiger partial charge in [0.05, 0.1) is 23.2 Å². The van der Waals surface area contributed by atoms with Crippen molar-refractivity contribution in [1.29, 1.82) is 0 Å². The second-order valence-corrected chi connectivity index (χ2v) is 4.92. The molecule has 0 radical (unpaired) electrons. The number of rotatable bonds is 5.